The molecule has 2 aliphatic carbocycles. The zero-order chi connectivity index (χ0) is 8.94. The van der Waals surface area contributed by atoms with Crippen LogP contribution in [0.4, 0.5) is 4.39 Å². The predicted octanol–water partition coefficient (Wildman–Crippen LogP) is 2.27. The molecule has 1 aliphatic heterocycles. The average Bonchev–Trinajstić information content (AvgIpc) is 1.88. The Labute approximate surface area is 79.1 Å². The predicted molar refractivity (Wildman–Crippen MR) is 50.3 cm³/mol. The Kier molecular flexibility index (Phi) is 1.56. The van der Waals surface area contributed by atoms with Crippen LogP contribution in [-0.2, 0) is 0 Å². The summed E-state index contributed by atoms with van der Waals surface area (Å²) in [5.41, 5.74) is -0.103. The van der Waals surface area contributed by atoms with Crippen molar-refractivity contribution in [3.05, 3.63) is 0 Å². The van der Waals surface area contributed by atoms with E-state index >= 15 is 0 Å². The van der Waals surface area contributed by atoms with Crippen molar-refractivity contribution in [2.45, 2.75) is 44.2 Å². The van der Waals surface area contributed by atoms with E-state index in [4.69, 9.17) is 0 Å². The lowest BCUT2D eigenvalue weighted by Crippen LogP contribution is -2.58. The zero-order valence-electron chi connectivity index (χ0n) is 8.11. The van der Waals surface area contributed by atoms with Crippen LogP contribution in [0.1, 0.15) is 38.5 Å². The van der Waals surface area contributed by atoms with Crippen LogP contribution in [-0.4, -0.2) is 18.8 Å². The van der Waals surface area contributed by atoms with Gasteiger partial charge in [0.1, 0.15) is 5.67 Å². The van der Waals surface area contributed by atoms with Gasteiger partial charge < -0.3 is 5.32 Å². The SMILES string of the molecule is FC1(CC2CC3(CCC3)C2)CNC1. The van der Waals surface area contributed by atoms with Gasteiger partial charge in [-0.2, -0.15) is 0 Å². The van der Waals surface area contributed by atoms with Crippen molar-refractivity contribution in [1.82, 2.24) is 5.32 Å². The Hall–Kier alpha value is -0.110. The van der Waals surface area contributed by atoms with Crippen molar-refractivity contribution in [3.8, 4) is 0 Å². The van der Waals surface area contributed by atoms with Crippen molar-refractivity contribution in [1.29, 1.82) is 0 Å². The maximum atomic E-state index is 13.7. The standard InChI is InChI=1S/C11H18FN/c12-11(7-13-8-11)6-9-4-10(5-9)2-1-3-10/h9,13H,1-8H2. The minimum atomic E-state index is -0.823. The molecule has 13 heavy (non-hydrogen) atoms. The van der Waals surface area contributed by atoms with Gasteiger partial charge in [0, 0.05) is 13.1 Å². The summed E-state index contributed by atoms with van der Waals surface area (Å²) in [6, 6.07) is 0. The molecule has 0 aromatic heterocycles. The Morgan fingerprint density at radius 3 is 2.31 bits per heavy atom. The van der Waals surface area contributed by atoms with Crippen LogP contribution in [0.5, 0.6) is 0 Å². The third-order valence-corrected chi connectivity index (χ3v) is 4.40. The average molecular weight is 183 g/mol. The fourth-order valence-corrected chi connectivity index (χ4v) is 3.45. The van der Waals surface area contributed by atoms with E-state index in [9.17, 15) is 4.39 Å². The van der Waals surface area contributed by atoms with Crippen molar-refractivity contribution in [2.75, 3.05) is 13.1 Å². The first-order valence-electron chi connectivity index (χ1n) is 5.60. The van der Waals surface area contributed by atoms with Crippen LogP contribution in [0.3, 0.4) is 0 Å². The molecule has 1 spiro atoms. The molecule has 3 aliphatic rings. The van der Waals surface area contributed by atoms with E-state index < -0.39 is 5.67 Å². The molecule has 1 nitrogen and oxygen atoms in total. The summed E-state index contributed by atoms with van der Waals surface area (Å²) in [5.74, 6) is 0.715. The van der Waals surface area contributed by atoms with Crippen molar-refractivity contribution < 1.29 is 4.39 Å². The van der Waals surface area contributed by atoms with E-state index in [1.165, 1.54) is 32.1 Å². The molecule has 3 rings (SSSR count). The fourth-order valence-electron chi connectivity index (χ4n) is 3.45. The van der Waals surface area contributed by atoms with Crippen molar-refractivity contribution in [2.24, 2.45) is 11.3 Å². The van der Waals surface area contributed by atoms with E-state index in [2.05, 4.69) is 5.32 Å². The third kappa shape index (κ3) is 1.22. The van der Waals surface area contributed by atoms with Gasteiger partial charge >= 0.3 is 0 Å². The molecule has 0 bridgehead atoms. The highest BCUT2D eigenvalue weighted by Gasteiger charge is 2.51. The van der Waals surface area contributed by atoms with Gasteiger partial charge in [0.25, 0.3) is 0 Å². The van der Waals surface area contributed by atoms with Gasteiger partial charge in [-0.3, -0.25) is 0 Å². The minimum Gasteiger partial charge on any atom is -0.310 e. The van der Waals surface area contributed by atoms with Gasteiger partial charge in [0.05, 0.1) is 0 Å². The van der Waals surface area contributed by atoms with Crippen LogP contribution in [0.25, 0.3) is 0 Å². The van der Waals surface area contributed by atoms with E-state index in [1.54, 1.807) is 0 Å². The van der Waals surface area contributed by atoms with Crippen LogP contribution < -0.4 is 5.32 Å². The molecule has 0 atom stereocenters. The summed E-state index contributed by atoms with van der Waals surface area (Å²) in [6.45, 7) is 1.22. The topological polar surface area (TPSA) is 12.0 Å². The maximum absolute atomic E-state index is 13.7. The normalized spacial score (nSPS) is 34.8. The monoisotopic (exact) mass is 183 g/mol. The van der Waals surface area contributed by atoms with Gasteiger partial charge in [0.2, 0.25) is 0 Å². The first kappa shape index (κ1) is 8.22. The second-order valence-corrected chi connectivity index (χ2v) is 5.59. The van der Waals surface area contributed by atoms with Gasteiger partial charge in [-0.1, -0.05) is 6.42 Å². The lowest BCUT2D eigenvalue weighted by atomic mass is 9.50. The molecule has 1 heterocycles. The fraction of sp³-hybridized carbons (Fsp3) is 1.00. The van der Waals surface area contributed by atoms with E-state index in [0.717, 1.165) is 11.8 Å². The van der Waals surface area contributed by atoms with Crippen LogP contribution >= 0.6 is 0 Å². The zero-order valence-corrected chi connectivity index (χ0v) is 8.11. The lowest BCUT2D eigenvalue weighted by molar-refractivity contribution is -0.0598. The highest BCUT2D eigenvalue weighted by molar-refractivity contribution is 5.03. The molecular formula is C11H18FN. The molecule has 0 aromatic rings. The second kappa shape index (κ2) is 2.47. The molecule has 2 saturated carbocycles. The van der Waals surface area contributed by atoms with E-state index in [-0.39, 0.29) is 0 Å². The quantitative estimate of drug-likeness (QED) is 0.692. The Morgan fingerprint density at radius 2 is 1.92 bits per heavy atom. The molecule has 1 N–H and O–H groups in total. The molecule has 74 valence electrons. The number of alkyl halides is 1. The number of rotatable bonds is 2. The number of hydrogen-bond donors (Lipinski definition) is 1. The summed E-state index contributed by atoms with van der Waals surface area (Å²) in [6.07, 6.45) is 7.79. The molecule has 0 amide bonds. The number of halogens is 1. The molecular weight excluding hydrogens is 165 g/mol. The van der Waals surface area contributed by atoms with Gasteiger partial charge in [-0.15, -0.1) is 0 Å². The van der Waals surface area contributed by atoms with E-state index in [1.807, 2.05) is 0 Å². The lowest BCUT2D eigenvalue weighted by Gasteiger charge is -2.56. The third-order valence-electron chi connectivity index (χ3n) is 4.40. The highest BCUT2D eigenvalue weighted by atomic mass is 19.1. The smallest absolute Gasteiger partial charge is 0.136 e. The molecule has 3 fully saturated rings. The Morgan fingerprint density at radius 1 is 1.23 bits per heavy atom. The summed E-state index contributed by atoms with van der Waals surface area (Å²) in [4.78, 5) is 0. The first-order chi connectivity index (χ1) is 6.20. The van der Waals surface area contributed by atoms with Crippen LogP contribution in [0.15, 0.2) is 0 Å². The molecule has 2 heteroatoms. The molecule has 0 radical (unpaired) electrons. The first-order valence-corrected chi connectivity index (χ1v) is 5.60. The van der Waals surface area contributed by atoms with Crippen molar-refractivity contribution in [3.63, 3.8) is 0 Å². The number of nitrogens with one attached hydrogen (secondary N) is 1. The van der Waals surface area contributed by atoms with Gasteiger partial charge in [-0.25, -0.2) is 4.39 Å². The van der Waals surface area contributed by atoms with Crippen LogP contribution in [0.2, 0.25) is 0 Å². The Balaban J connectivity index is 1.48. The molecule has 0 aromatic carbocycles. The number of hydrogen-bond acceptors (Lipinski definition) is 1. The second-order valence-electron chi connectivity index (χ2n) is 5.59. The maximum Gasteiger partial charge on any atom is 0.136 e. The summed E-state index contributed by atoms with van der Waals surface area (Å²) >= 11 is 0. The highest BCUT2D eigenvalue weighted by Crippen LogP contribution is 2.60. The minimum absolute atomic E-state index is 0.608. The molecule has 0 unspecified atom stereocenters. The summed E-state index contributed by atoms with van der Waals surface area (Å²) in [7, 11) is 0. The summed E-state index contributed by atoms with van der Waals surface area (Å²) in [5, 5.41) is 3.03. The Bertz CT molecular complexity index is 210. The van der Waals surface area contributed by atoms with Gasteiger partial charge in [0.15, 0.2) is 0 Å². The van der Waals surface area contributed by atoms with E-state index in [0.29, 0.717) is 19.0 Å². The van der Waals surface area contributed by atoms with Gasteiger partial charge in [-0.05, 0) is 43.4 Å². The van der Waals surface area contributed by atoms with Crippen LogP contribution in [0, 0.1) is 11.3 Å². The van der Waals surface area contributed by atoms with Crippen molar-refractivity contribution >= 4 is 0 Å². The largest absolute Gasteiger partial charge is 0.310 e. The summed E-state index contributed by atoms with van der Waals surface area (Å²) < 4.78 is 13.7. The molecule has 1 saturated heterocycles.